The molecule has 0 fully saturated rings. The maximum atomic E-state index is 12.8. The summed E-state index contributed by atoms with van der Waals surface area (Å²) in [7, 11) is 5.74. The number of nitrogens with one attached hydrogen (secondary N) is 1. The molecule has 0 atom stereocenters. The van der Waals surface area contributed by atoms with Gasteiger partial charge in [-0.25, -0.2) is 4.79 Å². The van der Waals surface area contributed by atoms with E-state index in [0.29, 0.717) is 24.0 Å². The lowest BCUT2D eigenvalue weighted by Crippen LogP contribution is -2.34. The van der Waals surface area contributed by atoms with Crippen molar-refractivity contribution in [3.8, 4) is 6.07 Å². The fourth-order valence-corrected chi connectivity index (χ4v) is 4.11. The number of esters is 1. The van der Waals surface area contributed by atoms with Gasteiger partial charge in [0.25, 0.3) is 5.56 Å². The number of rotatable bonds is 10. The summed E-state index contributed by atoms with van der Waals surface area (Å²) >= 11 is 1.06. The van der Waals surface area contributed by atoms with Crippen molar-refractivity contribution in [3.05, 3.63) is 49.4 Å². The summed E-state index contributed by atoms with van der Waals surface area (Å²) in [6, 6.07) is 9.24. The van der Waals surface area contributed by atoms with Gasteiger partial charge in [-0.15, -0.1) is 11.3 Å². The van der Waals surface area contributed by atoms with E-state index in [4.69, 9.17) is 4.74 Å². The van der Waals surface area contributed by atoms with E-state index >= 15 is 0 Å². The number of amides is 1. The molecule has 0 radical (unpaired) electrons. The number of hydrogen-bond donors (Lipinski definition) is 1. The number of nitrogens with zero attached hydrogens (tertiary/aromatic N) is 4. The minimum Gasteiger partial charge on any atom is -0.462 e. The van der Waals surface area contributed by atoms with Crippen LogP contribution in [0.5, 0.6) is 0 Å². The normalized spacial score (nSPS) is 12.3. The average Bonchev–Trinajstić information content (AvgIpc) is 3.12. The molecule has 0 saturated carbocycles. The Morgan fingerprint density at radius 1 is 1.18 bits per heavy atom. The minimum atomic E-state index is -0.745. The van der Waals surface area contributed by atoms with Crippen LogP contribution in [-0.2, 0) is 27.3 Å². The minimum absolute atomic E-state index is 0.0477. The first-order valence-corrected chi connectivity index (χ1v) is 11.8. The van der Waals surface area contributed by atoms with Crippen molar-refractivity contribution in [2.75, 3.05) is 46.2 Å². The number of hydrogen-bond acceptors (Lipinski definition) is 8. The van der Waals surface area contributed by atoms with E-state index in [9.17, 15) is 19.6 Å². The number of thiazole rings is 1. The van der Waals surface area contributed by atoms with E-state index in [-0.39, 0.29) is 28.3 Å². The molecular formula is C24H31N5O4S. The Kier molecular flexibility index (Phi) is 10.0. The molecular weight excluding hydrogens is 454 g/mol. The summed E-state index contributed by atoms with van der Waals surface area (Å²) in [6.07, 6.45) is 1.86. The molecule has 182 valence electrons. The van der Waals surface area contributed by atoms with Crippen LogP contribution in [0, 0.1) is 11.3 Å². The fourth-order valence-electron chi connectivity index (χ4n) is 3.03. The van der Waals surface area contributed by atoms with E-state index in [1.54, 1.807) is 32.0 Å². The number of anilines is 1. The van der Waals surface area contributed by atoms with E-state index in [1.807, 2.05) is 49.3 Å². The molecule has 0 unspecified atom stereocenters. The molecule has 0 bridgehead atoms. The Labute approximate surface area is 203 Å². The Hall–Kier alpha value is -3.42. The van der Waals surface area contributed by atoms with Crippen LogP contribution in [0.1, 0.15) is 19.4 Å². The van der Waals surface area contributed by atoms with Crippen molar-refractivity contribution in [1.82, 2.24) is 14.4 Å². The molecule has 0 spiro atoms. The first-order chi connectivity index (χ1) is 16.2. The molecule has 0 aliphatic rings. The largest absolute Gasteiger partial charge is 0.462 e. The summed E-state index contributed by atoms with van der Waals surface area (Å²) in [5.41, 5.74) is 1.15. The van der Waals surface area contributed by atoms with Gasteiger partial charge in [0, 0.05) is 38.6 Å². The average molecular weight is 486 g/mol. The third-order valence-electron chi connectivity index (χ3n) is 5.02. The van der Waals surface area contributed by atoms with E-state index in [2.05, 4.69) is 5.32 Å². The maximum absolute atomic E-state index is 12.8. The standard InChI is InChI=1S/C24H31N5O4S/c1-6-29-22(31)20(34-23(29)19(15-25)24(32)33-7-2)16-26-18-10-8-17(9-11-18)14-21(30)28(5)13-12-27(3)4/h8-11,16,26H,6-7,12-14H2,1-5H3. The molecule has 9 nitrogen and oxygen atoms in total. The van der Waals surface area contributed by atoms with Crippen LogP contribution in [-0.4, -0.2) is 67.1 Å². The lowest BCUT2D eigenvalue weighted by Gasteiger charge is -2.19. The molecule has 1 aromatic heterocycles. The van der Waals surface area contributed by atoms with E-state index < -0.39 is 5.97 Å². The lowest BCUT2D eigenvalue weighted by molar-refractivity contribution is -0.136. The zero-order valence-corrected chi connectivity index (χ0v) is 21.1. The molecule has 0 saturated heterocycles. The molecule has 0 aliphatic carbocycles. The second-order valence-electron chi connectivity index (χ2n) is 7.81. The number of carbonyl (C=O) groups excluding carboxylic acids is 2. The van der Waals surface area contributed by atoms with Crippen molar-refractivity contribution in [1.29, 1.82) is 5.26 Å². The molecule has 1 N–H and O–H groups in total. The molecule has 34 heavy (non-hydrogen) atoms. The zero-order valence-electron chi connectivity index (χ0n) is 20.3. The van der Waals surface area contributed by atoms with Crippen molar-refractivity contribution >= 4 is 40.7 Å². The van der Waals surface area contributed by atoms with Crippen molar-refractivity contribution in [2.24, 2.45) is 0 Å². The van der Waals surface area contributed by atoms with Crippen LogP contribution in [0.3, 0.4) is 0 Å². The summed E-state index contributed by atoms with van der Waals surface area (Å²) in [4.78, 5) is 41.0. The monoisotopic (exact) mass is 485 g/mol. The summed E-state index contributed by atoms with van der Waals surface area (Å²) < 4.78 is 6.96. The SMILES string of the molecule is CCOC(=O)C(C#N)=c1sc(=CNc2ccc(CC(=O)N(C)CCN(C)C)cc2)c(=O)n1CC. The van der Waals surface area contributed by atoms with E-state index in [1.165, 1.54) is 4.57 Å². The fraction of sp³-hybridized carbons (Fsp3) is 0.417. The third kappa shape index (κ3) is 7.04. The smallest absolute Gasteiger partial charge is 0.351 e. The number of nitriles is 1. The van der Waals surface area contributed by atoms with Crippen LogP contribution >= 0.6 is 11.3 Å². The Balaban J connectivity index is 2.21. The third-order valence-corrected chi connectivity index (χ3v) is 6.15. The van der Waals surface area contributed by atoms with Crippen LogP contribution in [0.4, 0.5) is 5.69 Å². The predicted octanol–water partition coefficient (Wildman–Crippen LogP) is 0.580. The summed E-state index contributed by atoms with van der Waals surface area (Å²) in [6.45, 7) is 5.35. The highest BCUT2D eigenvalue weighted by molar-refractivity contribution is 7.07. The first-order valence-electron chi connectivity index (χ1n) is 11.0. The molecule has 2 rings (SSSR count). The van der Waals surface area contributed by atoms with Gasteiger partial charge in [-0.2, -0.15) is 5.26 Å². The quantitative estimate of drug-likeness (QED) is 0.491. The highest BCUT2D eigenvalue weighted by atomic mass is 32.1. The van der Waals surface area contributed by atoms with Gasteiger partial charge in [0.15, 0.2) is 5.57 Å². The summed E-state index contributed by atoms with van der Waals surface area (Å²) in [5.74, 6) is -0.697. The molecule has 0 aliphatic heterocycles. The summed E-state index contributed by atoms with van der Waals surface area (Å²) in [5, 5.41) is 12.5. The van der Waals surface area contributed by atoms with Crippen molar-refractivity contribution in [2.45, 2.75) is 26.8 Å². The molecule has 10 heteroatoms. The molecule has 1 aromatic carbocycles. The van der Waals surface area contributed by atoms with Gasteiger partial charge in [-0.1, -0.05) is 12.1 Å². The van der Waals surface area contributed by atoms with E-state index in [0.717, 1.165) is 29.1 Å². The topological polar surface area (TPSA) is 108 Å². The van der Waals surface area contributed by atoms with Crippen LogP contribution in [0.2, 0.25) is 0 Å². The molecule has 1 amide bonds. The maximum Gasteiger partial charge on any atom is 0.351 e. The van der Waals surface area contributed by atoms with Crippen molar-refractivity contribution in [3.63, 3.8) is 0 Å². The highest BCUT2D eigenvalue weighted by Gasteiger charge is 2.16. The van der Waals surface area contributed by atoms with Gasteiger partial charge < -0.3 is 19.9 Å². The van der Waals surface area contributed by atoms with Gasteiger partial charge >= 0.3 is 5.97 Å². The number of carbonyl (C=O) groups is 2. The van der Waals surface area contributed by atoms with Crippen LogP contribution in [0.25, 0.3) is 11.8 Å². The predicted molar refractivity (Wildman–Crippen MR) is 134 cm³/mol. The Bertz CT molecular complexity index is 1220. The molecule has 1 heterocycles. The van der Waals surface area contributed by atoms with Gasteiger partial charge in [0.2, 0.25) is 5.91 Å². The zero-order chi connectivity index (χ0) is 25.3. The number of likely N-dealkylation sites (N-methyl/N-ethyl adjacent to an activating group) is 2. The first kappa shape index (κ1) is 26.8. The lowest BCUT2D eigenvalue weighted by atomic mass is 10.1. The van der Waals surface area contributed by atoms with Gasteiger partial charge in [-0.3, -0.25) is 14.2 Å². The van der Waals surface area contributed by atoms with Gasteiger partial charge in [0.1, 0.15) is 15.3 Å². The number of aromatic nitrogens is 1. The Morgan fingerprint density at radius 2 is 1.85 bits per heavy atom. The van der Waals surface area contributed by atoms with Crippen molar-refractivity contribution < 1.29 is 14.3 Å². The molecule has 2 aromatic rings. The Morgan fingerprint density at radius 3 is 2.41 bits per heavy atom. The second-order valence-corrected chi connectivity index (χ2v) is 8.84. The van der Waals surface area contributed by atoms with Crippen LogP contribution in [0.15, 0.2) is 29.1 Å². The second kappa shape index (κ2) is 12.7. The van der Waals surface area contributed by atoms with Crippen LogP contribution < -0.4 is 20.1 Å². The van der Waals surface area contributed by atoms with Gasteiger partial charge in [0.05, 0.1) is 13.0 Å². The van der Waals surface area contributed by atoms with Gasteiger partial charge in [-0.05, 0) is 45.6 Å². The number of ether oxygens (including phenoxy) is 1. The number of benzene rings is 1. The highest BCUT2D eigenvalue weighted by Crippen LogP contribution is 2.11.